The van der Waals surface area contributed by atoms with E-state index in [4.69, 9.17) is 15.2 Å². The van der Waals surface area contributed by atoms with E-state index in [-0.39, 0.29) is 0 Å². The standard InChI is InChI=1S/C12H15N3O2/c1-3-17-10-6-4-5-9(16-2)12(10)8-7-11(13)15-14-8/h4-7H,3H2,1-2H3,(H3,13,14,15). The number of nitrogens with zero attached hydrogens (tertiary/aromatic N) is 1. The molecule has 2 aromatic rings. The van der Waals surface area contributed by atoms with Crippen LogP contribution in [0.3, 0.4) is 0 Å². The summed E-state index contributed by atoms with van der Waals surface area (Å²) in [6.45, 7) is 2.52. The molecule has 17 heavy (non-hydrogen) atoms. The van der Waals surface area contributed by atoms with Gasteiger partial charge in [0, 0.05) is 6.07 Å². The first-order valence-electron chi connectivity index (χ1n) is 5.37. The lowest BCUT2D eigenvalue weighted by Crippen LogP contribution is -1.96. The Bertz CT molecular complexity index is 508. The van der Waals surface area contributed by atoms with Gasteiger partial charge in [0.05, 0.1) is 25.0 Å². The van der Waals surface area contributed by atoms with Gasteiger partial charge in [-0.1, -0.05) is 6.07 Å². The Morgan fingerprint density at radius 3 is 2.71 bits per heavy atom. The fraction of sp³-hybridized carbons (Fsp3) is 0.250. The molecule has 5 heteroatoms. The van der Waals surface area contributed by atoms with E-state index in [1.807, 2.05) is 25.1 Å². The molecule has 0 saturated carbocycles. The molecule has 1 aromatic carbocycles. The molecular formula is C12H15N3O2. The van der Waals surface area contributed by atoms with Crippen LogP contribution in [0.5, 0.6) is 11.5 Å². The number of ether oxygens (including phenoxy) is 2. The topological polar surface area (TPSA) is 73.2 Å². The number of methoxy groups -OCH3 is 1. The molecule has 0 aliphatic carbocycles. The van der Waals surface area contributed by atoms with E-state index in [2.05, 4.69) is 10.2 Å². The number of nitrogen functional groups attached to an aromatic ring is 1. The van der Waals surface area contributed by atoms with Gasteiger partial charge >= 0.3 is 0 Å². The van der Waals surface area contributed by atoms with Crippen LogP contribution >= 0.6 is 0 Å². The number of hydrogen-bond donors (Lipinski definition) is 2. The molecule has 0 bridgehead atoms. The normalized spacial score (nSPS) is 10.2. The van der Waals surface area contributed by atoms with E-state index < -0.39 is 0 Å². The summed E-state index contributed by atoms with van der Waals surface area (Å²) < 4.78 is 10.9. The summed E-state index contributed by atoms with van der Waals surface area (Å²) in [6, 6.07) is 7.39. The van der Waals surface area contributed by atoms with E-state index in [0.717, 1.165) is 22.8 Å². The van der Waals surface area contributed by atoms with Crippen molar-refractivity contribution in [2.45, 2.75) is 6.92 Å². The second-order valence-electron chi connectivity index (χ2n) is 3.47. The quantitative estimate of drug-likeness (QED) is 0.847. The lowest BCUT2D eigenvalue weighted by Gasteiger charge is -2.12. The van der Waals surface area contributed by atoms with Crippen LogP contribution in [-0.4, -0.2) is 23.9 Å². The van der Waals surface area contributed by atoms with Gasteiger partial charge in [0.15, 0.2) is 0 Å². The molecule has 0 aliphatic heterocycles. The first-order chi connectivity index (χ1) is 8.26. The van der Waals surface area contributed by atoms with Gasteiger partial charge in [-0.15, -0.1) is 0 Å². The van der Waals surface area contributed by atoms with Crippen LogP contribution in [0.25, 0.3) is 11.3 Å². The number of nitrogens with two attached hydrogens (primary N) is 1. The number of benzene rings is 1. The number of aromatic nitrogens is 2. The van der Waals surface area contributed by atoms with Crippen LogP contribution in [0.1, 0.15) is 6.92 Å². The molecule has 90 valence electrons. The van der Waals surface area contributed by atoms with Crippen LogP contribution in [0.15, 0.2) is 24.3 Å². The van der Waals surface area contributed by atoms with Gasteiger partial charge in [-0.05, 0) is 19.1 Å². The summed E-state index contributed by atoms with van der Waals surface area (Å²) >= 11 is 0. The second kappa shape index (κ2) is 4.78. The average molecular weight is 233 g/mol. The fourth-order valence-electron chi connectivity index (χ4n) is 1.69. The number of rotatable bonds is 4. The Balaban J connectivity index is 2.55. The summed E-state index contributed by atoms with van der Waals surface area (Å²) in [6.07, 6.45) is 0. The number of hydrogen-bond acceptors (Lipinski definition) is 4. The van der Waals surface area contributed by atoms with Gasteiger partial charge in [0.2, 0.25) is 0 Å². The fourth-order valence-corrected chi connectivity index (χ4v) is 1.69. The molecule has 0 spiro atoms. The minimum Gasteiger partial charge on any atom is -0.496 e. The largest absolute Gasteiger partial charge is 0.496 e. The lowest BCUT2D eigenvalue weighted by molar-refractivity contribution is 0.338. The van der Waals surface area contributed by atoms with E-state index in [9.17, 15) is 0 Å². The molecule has 0 unspecified atom stereocenters. The summed E-state index contributed by atoms with van der Waals surface area (Å²) in [4.78, 5) is 0. The van der Waals surface area contributed by atoms with Crippen LogP contribution < -0.4 is 15.2 Å². The molecule has 0 atom stereocenters. The summed E-state index contributed by atoms with van der Waals surface area (Å²) in [5.74, 6) is 1.91. The van der Waals surface area contributed by atoms with Crippen LogP contribution in [-0.2, 0) is 0 Å². The minimum absolute atomic E-state index is 0.438. The van der Waals surface area contributed by atoms with E-state index in [0.29, 0.717) is 12.4 Å². The molecule has 5 nitrogen and oxygen atoms in total. The van der Waals surface area contributed by atoms with Crippen molar-refractivity contribution in [1.82, 2.24) is 10.2 Å². The van der Waals surface area contributed by atoms with Crippen LogP contribution in [0.2, 0.25) is 0 Å². The van der Waals surface area contributed by atoms with Gasteiger partial charge in [0.25, 0.3) is 0 Å². The van der Waals surface area contributed by atoms with Gasteiger partial charge in [-0.3, -0.25) is 5.10 Å². The predicted octanol–water partition coefficient (Wildman–Crippen LogP) is 2.07. The maximum Gasteiger partial charge on any atom is 0.145 e. The van der Waals surface area contributed by atoms with Crippen molar-refractivity contribution in [1.29, 1.82) is 0 Å². The number of aromatic amines is 1. The molecule has 0 saturated heterocycles. The van der Waals surface area contributed by atoms with Crippen molar-refractivity contribution in [2.24, 2.45) is 0 Å². The molecule has 3 N–H and O–H groups in total. The highest BCUT2D eigenvalue weighted by Gasteiger charge is 2.14. The highest BCUT2D eigenvalue weighted by Crippen LogP contribution is 2.37. The van der Waals surface area contributed by atoms with Gasteiger partial charge in [-0.2, -0.15) is 5.10 Å². The zero-order valence-corrected chi connectivity index (χ0v) is 9.86. The van der Waals surface area contributed by atoms with Crippen LogP contribution in [0, 0.1) is 0 Å². The number of anilines is 1. The van der Waals surface area contributed by atoms with Crippen molar-refractivity contribution >= 4 is 5.82 Å². The molecular weight excluding hydrogens is 218 g/mol. The zero-order valence-electron chi connectivity index (χ0n) is 9.86. The number of nitrogens with one attached hydrogen (secondary N) is 1. The smallest absolute Gasteiger partial charge is 0.145 e. The summed E-state index contributed by atoms with van der Waals surface area (Å²) in [5, 5.41) is 6.77. The number of H-pyrrole nitrogens is 1. The Morgan fingerprint density at radius 1 is 1.35 bits per heavy atom. The molecule has 1 aromatic heterocycles. The highest BCUT2D eigenvalue weighted by molar-refractivity contribution is 5.75. The maximum atomic E-state index is 5.61. The van der Waals surface area contributed by atoms with Crippen molar-refractivity contribution in [3.05, 3.63) is 24.3 Å². The SMILES string of the molecule is CCOc1cccc(OC)c1-c1cc(N)n[nH]1. The van der Waals surface area contributed by atoms with E-state index in [1.165, 1.54) is 0 Å². The molecule has 0 fully saturated rings. The summed E-state index contributed by atoms with van der Waals surface area (Å²) in [5.41, 5.74) is 7.22. The first kappa shape index (κ1) is 11.3. The first-order valence-corrected chi connectivity index (χ1v) is 5.37. The van der Waals surface area contributed by atoms with Crippen molar-refractivity contribution < 1.29 is 9.47 Å². The highest BCUT2D eigenvalue weighted by atomic mass is 16.5. The predicted molar refractivity (Wildman–Crippen MR) is 66.2 cm³/mol. The second-order valence-corrected chi connectivity index (χ2v) is 3.47. The lowest BCUT2D eigenvalue weighted by atomic mass is 10.1. The van der Waals surface area contributed by atoms with E-state index in [1.54, 1.807) is 13.2 Å². The van der Waals surface area contributed by atoms with Gasteiger partial charge in [0.1, 0.15) is 17.3 Å². The summed E-state index contributed by atoms with van der Waals surface area (Å²) in [7, 11) is 1.62. The molecule has 2 rings (SSSR count). The third-order valence-corrected chi connectivity index (χ3v) is 2.37. The van der Waals surface area contributed by atoms with Gasteiger partial charge in [-0.25, -0.2) is 0 Å². The molecule has 0 aliphatic rings. The monoisotopic (exact) mass is 233 g/mol. The Kier molecular flexibility index (Phi) is 3.18. The third-order valence-electron chi connectivity index (χ3n) is 2.37. The Hall–Kier alpha value is -2.17. The Labute approximate surface area is 99.5 Å². The zero-order chi connectivity index (χ0) is 12.3. The minimum atomic E-state index is 0.438. The average Bonchev–Trinajstić information content (AvgIpc) is 2.75. The molecule has 0 radical (unpaired) electrons. The molecule has 0 amide bonds. The molecule has 1 heterocycles. The third kappa shape index (κ3) is 2.18. The van der Waals surface area contributed by atoms with Crippen molar-refractivity contribution in [3.8, 4) is 22.8 Å². The van der Waals surface area contributed by atoms with Gasteiger partial charge < -0.3 is 15.2 Å². The van der Waals surface area contributed by atoms with Crippen molar-refractivity contribution in [2.75, 3.05) is 19.5 Å². The van der Waals surface area contributed by atoms with Crippen molar-refractivity contribution in [3.63, 3.8) is 0 Å². The maximum absolute atomic E-state index is 5.61. The van der Waals surface area contributed by atoms with E-state index >= 15 is 0 Å². The van der Waals surface area contributed by atoms with Crippen LogP contribution in [0.4, 0.5) is 5.82 Å². The Morgan fingerprint density at radius 2 is 2.12 bits per heavy atom.